The average molecular weight is 192 g/mol. The van der Waals surface area contributed by atoms with Gasteiger partial charge in [0.15, 0.2) is 0 Å². The molecule has 1 aromatic carbocycles. The fraction of sp³-hybridized carbons (Fsp3) is 0.300. The molecule has 0 spiro atoms. The van der Waals surface area contributed by atoms with E-state index in [-0.39, 0.29) is 5.91 Å². The number of rotatable bonds is 2. The number of amides is 1. The van der Waals surface area contributed by atoms with Crippen LogP contribution in [-0.2, 0) is 16.2 Å². The Bertz CT molecular complexity index is 352. The van der Waals surface area contributed by atoms with Crippen LogP contribution in [0.1, 0.15) is 12.0 Å². The van der Waals surface area contributed by atoms with E-state index < -0.39 is 0 Å². The van der Waals surface area contributed by atoms with Gasteiger partial charge in [-0.15, -0.1) is 0 Å². The molecule has 0 bridgehead atoms. The molecule has 1 aliphatic heterocycles. The van der Waals surface area contributed by atoms with Crippen molar-refractivity contribution < 1.29 is 9.63 Å². The molecule has 4 nitrogen and oxygen atoms in total. The Morgan fingerprint density at radius 3 is 3.00 bits per heavy atom. The second kappa shape index (κ2) is 3.77. The van der Waals surface area contributed by atoms with Gasteiger partial charge in [-0.1, -0.05) is 12.1 Å². The maximum absolute atomic E-state index is 11.3. The van der Waals surface area contributed by atoms with Crippen LogP contribution in [0, 0.1) is 0 Å². The van der Waals surface area contributed by atoms with Gasteiger partial charge >= 0.3 is 0 Å². The molecule has 74 valence electrons. The molecule has 1 heterocycles. The topological polar surface area (TPSA) is 55.6 Å². The van der Waals surface area contributed by atoms with E-state index in [1.54, 1.807) is 0 Å². The third-order valence-electron chi connectivity index (χ3n) is 2.14. The normalized spacial score (nSPS) is 16.4. The summed E-state index contributed by atoms with van der Waals surface area (Å²) in [7, 11) is 0. The minimum atomic E-state index is -0.000767. The molecule has 0 aliphatic carbocycles. The molecule has 0 radical (unpaired) electrons. The zero-order chi connectivity index (χ0) is 9.97. The number of hydrogen-bond acceptors (Lipinski definition) is 3. The lowest BCUT2D eigenvalue weighted by Gasteiger charge is -2.14. The predicted molar refractivity (Wildman–Crippen MR) is 52.4 cm³/mol. The molecular weight excluding hydrogens is 180 g/mol. The Morgan fingerprint density at radius 2 is 2.36 bits per heavy atom. The first kappa shape index (κ1) is 9.18. The van der Waals surface area contributed by atoms with E-state index in [4.69, 9.17) is 10.6 Å². The van der Waals surface area contributed by atoms with Crippen LogP contribution < -0.4 is 10.8 Å². The highest BCUT2D eigenvalue weighted by molar-refractivity contribution is 5.92. The molecule has 0 aromatic heterocycles. The van der Waals surface area contributed by atoms with Gasteiger partial charge in [0.05, 0.1) is 18.7 Å². The minimum Gasteiger partial charge on any atom is -0.326 e. The van der Waals surface area contributed by atoms with Crippen molar-refractivity contribution in [3.05, 3.63) is 29.8 Å². The summed E-state index contributed by atoms with van der Waals surface area (Å²) in [6.45, 7) is 0.932. The van der Waals surface area contributed by atoms with Crippen LogP contribution in [-0.4, -0.2) is 12.5 Å². The molecule has 1 aliphatic rings. The monoisotopic (exact) mass is 192 g/mol. The first-order chi connectivity index (χ1) is 6.81. The van der Waals surface area contributed by atoms with Crippen LogP contribution in [0.5, 0.6) is 0 Å². The lowest BCUT2D eigenvalue weighted by atomic mass is 10.2. The summed E-state index contributed by atoms with van der Waals surface area (Å²) in [5.41, 5.74) is 7.26. The molecule has 1 aromatic rings. The van der Waals surface area contributed by atoms with Gasteiger partial charge in [-0.05, 0) is 17.7 Å². The van der Waals surface area contributed by atoms with E-state index in [1.807, 2.05) is 24.3 Å². The highest BCUT2D eigenvalue weighted by Gasteiger charge is 2.23. The molecule has 0 saturated carbocycles. The van der Waals surface area contributed by atoms with Crippen molar-refractivity contribution in [1.29, 1.82) is 0 Å². The van der Waals surface area contributed by atoms with Crippen molar-refractivity contribution in [2.24, 2.45) is 5.73 Å². The number of carbonyl (C=O) groups is 1. The number of nitrogens with two attached hydrogens (primary N) is 1. The molecular formula is C10H12N2O2. The van der Waals surface area contributed by atoms with Gasteiger partial charge in [0, 0.05) is 6.54 Å². The molecule has 1 fully saturated rings. The lowest BCUT2D eigenvalue weighted by Crippen LogP contribution is -2.22. The largest absolute Gasteiger partial charge is 0.326 e. The molecule has 1 amide bonds. The number of hydrogen-bond donors (Lipinski definition) is 1. The van der Waals surface area contributed by atoms with Crippen molar-refractivity contribution in [3.8, 4) is 0 Å². The first-order valence-corrected chi connectivity index (χ1v) is 4.56. The Morgan fingerprint density at radius 1 is 1.50 bits per heavy atom. The van der Waals surface area contributed by atoms with E-state index in [1.165, 1.54) is 5.06 Å². The quantitative estimate of drug-likeness (QED) is 0.754. The lowest BCUT2D eigenvalue weighted by molar-refractivity contribution is -0.119. The number of anilines is 1. The van der Waals surface area contributed by atoms with Crippen LogP contribution in [0.2, 0.25) is 0 Å². The van der Waals surface area contributed by atoms with Crippen LogP contribution >= 0.6 is 0 Å². The third kappa shape index (κ3) is 1.62. The van der Waals surface area contributed by atoms with E-state index in [2.05, 4.69) is 0 Å². The molecule has 4 heteroatoms. The Hall–Kier alpha value is -1.39. The molecule has 1 saturated heterocycles. The van der Waals surface area contributed by atoms with E-state index in [9.17, 15) is 4.79 Å². The highest BCUT2D eigenvalue weighted by atomic mass is 16.7. The van der Waals surface area contributed by atoms with Crippen LogP contribution in [0.3, 0.4) is 0 Å². The SMILES string of the molecule is NCc1cccc(N2OCCC2=O)c1. The first-order valence-electron chi connectivity index (χ1n) is 4.56. The standard InChI is InChI=1S/C10H12N2O2/c11-7-8-2-1-3-9(6-8)12-10(13)4-5-14-12/h1-3,6H,4-5,7,11H2. The molecule has 2 N–H and O–H groups in total. The Kier molecular flexibility index (Phi) is 2.47. The fourth-order valence-electron chi connectivity index (χ4n) is 1.43. The zero-order valence-corrected chi connectivity index (χ0v) is 7.77. The summed E-state index contributed by atoms with van der Waals surface area (Å²) in [6.07, 6.45) is 0.451. The van der Waals surface area contributed by atoms with E-state index in [0.717, 1.165) is 11.3 Å². The number of benzene rings is 1. The third-order valence-corrected chi connectivity index (χ3v) is 2.14. The molecule has 0 atom stereocenters. The van der Waals surface area contributed by atoms with Crippen LogP contribution in [0.25, 0.3) is 0 Å². The number of hydroxylamine groups is 1. The van der Waals surface area contributed by atoms with Crippen LogP contribution in [0.4, 0.5) is 5.69 Å². The second-order valence-electron chi connectivity index (χ2n) is 3.15. The van der Waals surface area contributed by atoms with Crippen molar-refractivity contribution in [2.75, 3.05) is 11.7 Å². The summed E-state index contributed by atoms with van der Waals surface area (Å²) >= 11 is 0. The molecule has 0 unspecified atom stereocenters. The van der Waals surface area contributed by atoms with E-state index in [0.29, 0.717) is 19.6 Å². The molecule has 14 heavy (non-hydrogen) atoms. The zero-order valence-electron chi connectivity index (χ0n) is 7.77. The van der Waals surface area contributed by atoms with Gasteiger partial charge in [-0.25, -0.2) is 0 Å². The summed E-state index contributed by atoms with van der Waals surface area (Å²) in [6, 6.07) is 7.49. The average Bonchev–Trinajstić information content (AvgIpc) is 2.65. The van der Waals surface area contributed by atoms with Gasteiger partial charge < -0.3 is 5.73 Å². The van der Waals surface area contributed by atoms with Crippen molar-refractivity contribution in [2.45, 2.75) is 13.0 Å². The maximum atomic E-state index is 11.3. The van der Waals surface area contributed by atoms with Crippen LogP contribution in [0.15, 0.2) is 24.3 Å². The van der Waals surface area contributed by atoms with Gasteiger partial charge in [0.1, 0.15) is 0 Å². The van der Waals surface area contributed by atoms with Crippen molar-refractivity contribution in [3.63, 3.8) is 0 Å². The smallest absolute Gasteiger partial charge is 0.253 e. The summed E-state index contributed by atoms with van der Waals surface area (Å²) in [5, 5.41) is 1.33. The van der Waals surface area contributed by atoms with Crippen molar-refractivity contribution in [1.82, 2.24) is 0 Å². The summed E-state index contributed by atoms with van der Waals surface area (Å²) in [4.78, 5) is 16.5. The summed E-state index contributed by atoms with van der Waals surface area (Å²) < 4.78 is 0. The van der Waals surface area contributed by atoms with E-state index >= 15 is 0 Å². The van der Waals surface area contributed by atoms with Crippen molar-refractivity contribution >= 4 is 11.6 Å². The van der Waals surface area contributed by atoms with Gasteiger partial charge in [-0.3, -0.25) is 9.63 Å². The molecule has 2 rings (SSSR count). The predicted octanol–water partition coefficient (Wildman–Crippen LogP) is 0.814. The number of nitrogens with zero attached hydrogens (tertiary/aromatic N) is 1. The summed E-state index contributed by atoms with van der Waals surface area (Å²) in [5.74, 6) is -0.000767. The number of carbonyl (C=O) groups excluding carboxylic acids is 1. The second-order valence-corrected chi connectivity index (χ2v) is 3.15. The van der Waals surface area contributed by atoms with Gasteiger partial charge in [-0.2, -0.15) is 5.06 Å². The maximum Gasteiger partial charge on any atom is 0.253 e. The fourth-order valence-corrected chi connectivity index (χ4v) is 1.43. The Labute approximate surface area is 82.2 Å². The Balaban J connectivity index is 2.26. The van der Waals surface area contributed by atoms with Gasteiger partial charge in [0.25, 0.3) is 5.91 Å². The van der Waals surface area contributed by atoms with Gasteiger partial charge in [0.2, 0.25) is 0 Å². The highest BCUT2D eigenvalue weighted by Crippen LogP contribution is 2.20. The minimum absolute atomic E-state index is 0.000767.